The minimum absolute atomic E-state index is 0.304. The number of benzene rings is 1. The van der Waals surface area contributed by atoms with E-state index in [1.54, 1.807) is 0 Å². The molecule has 0 amide bonds. The summed E-state index contributed by atoms with van der Waals surface area (Å²) >= 11 is -2.72. The molecule has 1 unspecified atom stereocenters. The molecule has 1 aromatic rings. The summed E-state index contributed by atoms with van der Waals surface area (Å²) in [5.41, 5.74) is 0. The van der Waals surface area contributed by atoms with Gasteiger partial charge in [-0.15, -0.1) is 6.58 Å². The lowest BCUT2D eigenvalue weighted by Crippen LogP contribution is -2.11. The molecule has 18 heavy (non-hydrogen) atoms. The molecule has 0 heterocycles. The molecule has 0 saturated carbocycles. The third-order valence-electron chi connectivity index (χ3n) is 1.60. The fraction of sp³-hybridized carbons (Fsp3) is 0.111. The van der Waals surface area contributed by atoms with E-state index in [9.17, 15) is 26.2 Å². The predicted molar refractivity (Wildman–Crippen MR) is 51.2 cm³/mol. The Morgan fingerprint density at radius 1 is 1.00 bits per heavy atom. The van der Waals surface area contributed by atoms with Crippen molar-refractivity contribution >= 4 is 11.4 Å². The maximum Gasteiger partial charge on any atom is 0.360 e. The van der Waals surface area contributed by atoms with Crippen LogP contribution in [0.5, 0.6) is 5.75 Å². The summed E-state index contributed by atoms with van der Waals surface area (Å²) in [5, 5.41) is 0. The molecule has 0 fully saturated rings. The number of hydrogen-bond acceptors (Lipinski definition) is 3. The van der Waals surface area contributed by atoms with Gasteiger partial charge in [-0.3, -0.25) is 4.18 Å². The van der Waals surface area contributed by atoms with Crippen molar-refractivity contribution in [3.63, 3.8) is 0 Å². The standard InChI is InChI=1S/C9H5F5O3S/c1-2-3-16-18(15)17-9-7(13)5(11)4(10)6(12)8(9)14/h2H,1,3H2. The molecule has 9 heteroatoms. The van der Waals surface area contributed by atoms with Gasteiger partial charge in [-0.2, -0.15) is 13.0 Å². The van der Waals surface area contributed by atoms with Crippen molar-refractivity contribution < 1.29 is 34.5 Å². The van der Waals surface area contributed by atoms with Gasteiger partial charge in [0.2, 0.25) is 34.8 Å². The molecule has 1 atom stereocenters. The molecule has 0 spiro atoms. The summed E-state index contributed by atoms with van der Waals surface area (Å²) in [6.07, 6.45) is 1.14. The molecule has 100 valence electrons. The van der Waals surface area contributed by atoms with Gasteiger partial charge in [0.1, 0.15) is 0 Å². The first-order chi connectivity index (χ1) is 8.40. The minimum atomic E-state index is -2.72. The average Bonchev–Trinajstić information content (AvgIpc) is 2.36. The van der Waals surface area contributed by atoms with Crippen LogP contribution in [0.1, 0.15) is 0 Å². The highest BCUT2D eigenvalue weighted by atomic mass is 32.2. The zero-order chi connectivity index (χ0) is 13.9. The Labute approximate surface area is 101 Å². The molecule has 0 aliphatic carbocycles. The van der Waals surface area contributed by atoms with Gasteiger partial charge in [-0.25, -0.2) is 13.2 Å². The van der Waals surface area contributed by atoms with Crippen LogP contribution in [0, 0.1) is 29.1 Å². The van der Waals surface area contributed by atoms with Gasteiger partial charge in [-0.1, -0.05) is 6.08 Å². The number of halogens is 5. The van der Waals surface area contributed by atoms with Crippen molar-refractivity contribution in [1.29, 1.82) is 0 Å². The van der Waals surface area contributed by atoms with Crippen LogP contribution in [0.3, 0.4) is 0 Å². The van der Waals surface area contributed by atoms with Gasteiger partial charge in [0.15, 0.2) is 0 Å². The van der Waals surface area contributed by atoms with E-state index in [0.717, 1.165) is 6.08 Å². The summed E-state index contributed by atoms with van der Waals surface area (Å²) < 4.78 is 83.3. The maximum absolute atomic E-state index is 13.0. The number of rotatable bonds is 5. The second kappa shape index (κ2) is 5.91. The van der Waals surface area contributed by atoms with Crippen LogP contribution in [0.4, 0.5) is 22.0 Å². The van der Waals surface area contributed by atoms with E-state index in [1.165, 1.54) is 0 Å². The first-order valence-electron chi connectivity index (χ1n) is 4.25. The van der Waals surface area contributed by atoms with Crippen molar-refractivity contribution in [2.75, 3.05) is 6.61 Å². The zero-order valence-corrected chi connectivity index (χ0v) is 9.33. The second-order valence-electron chi connectivity index (χ2n) is 2.76. The topological polar surface area (TPSA) is 35.5 Å². The summed E-state index contributed by atoms with van der Waals surface area (Å²) in [7, 11) is 0. The third kappa shape index (κ3) is 2.85. The molecule has 0 saturated heterocycles. The Bertz CT molecular complexity index is 476. The highest BCUT2D eigenvalue weighted by molar-refractivity contribution is 7.75. The maximum atomic E-state index is 13.0. The van der Waals surface area contributed by atoms with Crippen molar-refractivity contribution in [3.05, 3.63) is 41.7 Å². The lowest BCUT2D eigenvalue weighted by molar-refractivity contribution is 0.317. The summed E-state index contributed by atoms with van der Waals surface area (Å²) in [4.78, 5) is 0. The van der Waals surface area contributed by atoms with Crippen LogP contribution < -0.4 is 4.18 Å². The molecule has 0 aliphatic rings. The highest BCUT2D eigenvalue weighted by Crippen LogP contribution is 2.29. The normalized spacial score (nSPS) is 12.3. The lowest BCUT2D eigenvalue weighted by atomic mass is 10.3. The quantitative estimate of drug-likeness (QED) is 0.361. The van der Waals surface area contributed by atoms with E-state index in [4.69, 9.17) is 0 Å². The van der Waals surface area contributed by atoms with Crippen LogP contribution in [0.2, 0.25) is 0 Å². The van der Waals surface area contributed by atoms with Crippen LogP contribution in [-0.4, -0.2) is 10.8 Å². The smallest absolute Gasteiger partial charge is 0.360 e. The van der Waals surface area contributed by atoms with Gasteiger partial charge in [0, 0.05) is 0 Å². The van der Waals surface area contributed by atoms with Crippen LogP contribution >= 0.6 is 0 Å². The van der Waals surface area contributed by atoms with Crippen molar-refractivity contribution in [3.8, 4) is 5.75 Å². The van der Waals surface area contributed by atoms with Gasteiger partial charge in [0.25, 0.3) is 0 Å². The van der Waals surface area contributed by atoms with Gasteiger partial charge in [0.05, 0.1) is 6.61 Å². The van der Waals surface area contributed by atoms with Crippen molar-refractivity contribution in [2.45, 2.75) is 0 Å². The van der Waals surface area contributed by atoms with E-state index in [0.29, 0.717) is 0 Å². The lowest BCUT2D eigenvalue weighted by Gasteiger charge is -2.07. The van der Waals surface area contributed by atoms with Crippen molar-refractivity contribution in [1.82, 2.24) is 0 Å². The van der Waals surface area contributed by atoms with Crippen LogP contribution in [-0.2, 0) is 15.5 Å². The Morgan fingerprint density at radius 2 is 1.44 bits per heavy atom. The van der Waals surface area contributed by atoms with Gasteiger partial charge < -0.3 is 4.18 Å². The molecule has 1 rings (SSSR count). The SMILES string of the molecule is C=CCOS(=O)Oc1c(F)c(F)c(F)c(F)c1F. The Morgan fingerprint density at radius 3 is 1.89 bits per heavy atom. The van der Waals surface area contributed by atoms with E-state index in [2.05, 4.69) is 14.9 Å². The molecule has 0 N–H and O–H groups in total. The fourth-order valence-corrected chi connectivity index (χ4v) is 1.39. The molecule has 1 aromatic carbocycles. The largest absolute Gasteiger partial charge is 0.373 e. The highest BCUT2D eigenvalue weighted by Gasteiger charge is 2.28. The van der Waals surface area contributed by atoms with E-state index >= 15 is 0 Å². The number of hydrogen-bond donors (Lipinski definition) is 0. The molecule has 3 nitrogen and oxygen atoms in total. The molecule has 0 aliphatic heterocycles. The summed E-state index contributed by atoms with van der Waals surface area (Å²) in [6.45, 7) is 2.88. The minimum Gasteiger partial charge on any atom is -0.373 e. The van der Waals surface area contributed by atoms with E-state index in [-0.39, 0.29) is 6.61 Å². The predicted octanol–water partition coefficient (Wildman–Crippen LogP) is 2.54. The molecule has 0 radical (unpaired) electrons. The molecular formula is C9H5F5O3S. The Hall–Kier alpha value is -1.48. The first kappa shape index (κ1) is 14.6. The zero-order valence-electron chi connectivity index (χ0n) is 8.51. The van der Waals surface area contributed by atoms with Crippen LogP contribution in [0.25, 0.3) is 0 Å². The second-order valence-corrected chi connectivity index (χ2v) is 3.57. The third-order valence-corrected chi connectivity index (χ3v) is 2.23. The Balaban J connectivity index is 3.10. The van der Waals surface area contributed by atoms with Gasteiger partial charge in [-0.05, 0) is 0 Å². The first-order valence-corrected chi connectivity index (χ1v) is 5.25. The average molecular weight is 288 g/mol. The molecule has 0 bridgehead atoms. The summed E-state index contributed by atoms with van der Waals surface area (Å²) in [6, 6.07) is 0. The van der Waals surface area contributed by atoms with Crippen molar-refractivity contribution in [2.24, 2.45) is 0 Å². The van der Waals surface area contributed by atoms with E-state index < -0.39 is 46.2 Å². The Kier molecular flexibility index (Phi) is 4.79. The molecule has 0 aromatic heterocycles. The summed E-state index contributed by atoms with van der Waals surface area (Å²) in [5.74, 6) is -12.9. The monoisotopic (exact) mass is 288 g/mol. The fourth-order valence-electron chi connectivity index (χ4n) is 0.854. The van der Waals surface area contributed by atoms with E-state index in [1.807, 2.05) is 0 Å². The molecular weight excluding hydrogens is 283 g/mol. The van der Waals surface area contributed by atoms with Gasteiger partial charge >= 0.3 is 11.4 Å². The van der Waals surface area contributed by atoms with Crippen LogP contribution in [0.15, 0.2) is 12.7 Å².